The van der Waals surface area contributed by atoms with E-state index in [1.807, 2.05) is 42.5 Å². The Hall–Kier alpha value is -4.04. The second-order valence-corrected chi connectivity index (χ2v) is 7.54. The van der Waals surface area contributed by atoms with Crippen LogP contribution in [0.3, 0.4) is 0 Å². The van der Waals surface area contributed by atoms with Crippen LogP contribution in [0.1, 0.15) is 15.9 Å². The van der Waals surface area contributed by atoms with Crippen LogP contribution < -0.4 is 21.1 Å². The van der Waals surface area contributed by atoms with Crippen molar-refractivity contribution in [3.05, 3.63) is 96.1 Å². The number of nitrogens with zero attached hydrogens (tertiary/aromatic N) is 1. The maximum Gasteiger partial charge on any atom is 0.269 e. The molecule has 160 valence electrons. The summed E-state index contributed by atoms with van der Waals surface area (Å²) < 4.78 is 0. The number of hydrazine groups is 1. The number of Topliss-reactive ketones (excluding diaryl/α,β-unsaturated/α-hetero) is 1. The fourth-order valence-electron chi connectivity index (χ4n) is 3.48. The summed E-state index contributed by atoms with van der Waals surface area (Å²) in [5, 5.41) is 2.72. The van der Waals surface area contributed by atoms with Gasteiger partial charge in [-0.3, -0.25) is 30.1 Å². The number of amides is 2. The number of fused-ring (bicyclic) bond motifs is 1. The lowest BCUT2D eigenvalue weighted by molar-refractivity contribution is -0.128. The molecule has 0 aromatic heterocycles. The molecule has 0 saturated carbocycles. The van der Waals surface area contributed by atoms with Crippen LogP contribution in [-0.2, 0) is 16.0 Å². The van der Waals surface area contributed by atoms with Crippen LogP contribution in [0.15, 0.2) is 84.9 Å². The standard InChI is InChI=1S/C24H20N4O3S/c29-20-15-17-11-7-8-14-19(17)28(18-12-5-2-6-13-18)23(31)21(20)25-24(32)27-26-22(30)16-9-3-1-4-10-16/h1-14,21H,15H2,(H,26,30)(H2,25,27,32). The summed E-state index contributed by atoms with van der Waals surface area (Å²) in [6.45, 7) is 0. The maximum absolute atomic E-state index is 13.5. The molecule has 2 amide bonds. The number of benzene rings is 3. The number of hydrogen-bond donors (Lipinski definition) is 3. The lowest BCUT2D eigenvalue weighted by atomic mass is 10.0. The first kappa shape index (κ1) is 21.2. The van der Waals surface area contributed by atoms with Crippen molar-refractivity contribution in [2.24, 2.45) is 0 Å². The third-order valence-electron chi connectivity index (χ3n) is 5.00. The van der Waals surface area contributed by atoms with Crippen molar-refractivity contribution in [1.29, 1.82) is 0 Å². The third kappa shape index (κ3) is 4.50. The molecule has 0 radical (unpaired) electrons. The molecule has 4 rings (SSSR count). The molecule has 1 atom stereocenters. The largest absolute Gasteiger partial charge is 0.343 e. The minimum absolute atomic E-state index is 0.0417. The normalized spacial score (nSPS) is 15.4. The van der Waals surface area contributed by atoms with Crippen molar-refractivity contribution in [2.75, 3.05) is 4.90 Å². The summed E-state index contributed by atoms with van der Waals surface area (Å²) in [5.74, 6) is -1.17. The highest BCUT2D eigenvalue weighted by molar-refractivity contribution is 7.80. The van der Waals surface area contributed by atoms with Gasteiger partial charge in [-0.05, 0) is 48.1 Å². The van der Waals surface area contributed by atoms with Gasteiger partial charge in [0.15, 0.2) is 16.9 Å². The molecule has 0 fully saturated rings. The molecule has 0 spiro atoms. The molecular formula is C24H20N4O3S. The van der Waals surface area contributed by atoms with Gasteiger partial charge in [-0.15, -0.1) is 0 Å². The van der Waals surface area contributed by atoms with Gasteiger partial charge >= 0.3 is 0 Å². The van der Waals surface area contributed by atoms with Gasteiger partial charge in [0, 0.05) is 17.7 Å². The molecule has 0 saturated heterocycles. The Morgan fingerprint density at radius 3 is 2.19 bits per heavy atom. The Morgan fingerprint density at radius 2 is 1.47 bits per heavy atom. The molecule has 3 aromatic carbocycles. The van der Waals surface area contributed by atoms with E-state index in [0.717, 1.165) is 5.56 Å². The number of carbonyl (C=O) groups is 3. The van der Waals surface area contributed by atoms with E-state index in [1.54, 1.807) is 42.5 Å². The number of thiocarbonyl (C=S) groups is 1. The van der Waals surface area contributed by atoms with E-state index in [-0.39, 0.29) is 17.3 Å². The Bertz CT molecular complexity index is 1170. The molecule has 32 heavy (non-hydrogen) atoms. The first-order chi connectivity index (χ1) is 15.5. The van der Waals surface area contributed by atoms with Crippen LogP contribution in [0.25, 0.3) is 0 Å². The van der Waals surface area contributed by atoms with Crippen molar-refractivity contribution in [1.82, 2.24) is 16.2 Å². The van der Waals surface area contributed by atoms with Crippen molar-refractivity contribution in [2.45, 2.75) is 12.5 Å². The summed E-state index contributed by atoms with van der Waals surface area (Å²) in [6, 6.07) is 23.8. The molecule has 1 heterocycles. The number of rotatable bonds is 3. The van der Waals surface area contributed by atoms with Gasteiger partial charge in [-0.1, -0.05) is 54.6 Å². The predicted octanol–water partition coefficient (Wildman–Crippen LogP) is 2.65. The lowest BCUT2D eigenvalue weighted by Crippen LogP contribution is -2.56. The van der Waals surface area contributed by atoms with Gasteiger partial charge in [-0.25, -0.2) is 0 Å². The van der Waals surface area contributed by atoms with Gasteiger partial charge in [0.1, 0.15) is 0 Å². The first-order valence-electron chi connectivity index (χ1n) is 9.96. The zero-order valence-corrected chi connectivity index (χ0v) is 17.8. The van der Waals surface area contributed by atoms with Crippen LogP contribution in [0.4, 0.5) is 11.4 Å². The number of ketones is 1. The highest BCUT2D eigenvalue weighted by Crippen LogP contribution is 2.32. The van der Waals surface area contributed by atoms with Crippen LogP contribution in [0.5, 0.6) is 0 Å². The number of para-hydroxylation sites is 2. The molecule has 8 heteroatoms. The van der Waals surface area contributed by atoms with E-state index >= 15 is 0 Å². The zero-order valence-electron chi connectivity index (χ0n) is 16.9. The molecule has 1 aliphatic rings. The number of carbonyl (C=O) groups excluding carboxylic acids is 3. The first-order valence-corrected chi connectivity index (χ1v) is 10.4. The molecular weight excluding hydrogens is 424 g/mol. The molecule has 0 bridgehead atoms. The Morgan fingerprint density at radius 1 is 0.844 bits per heavy atom. The lowest BCUT2D eigenvalue weighted by Gasteiger charge is -2.26. The summed E-state index contributed by atoms with van der Waals surface area (Å²) >= 11 is 5.24. The second kappa shape index (κ2) is 9.40. The number of hydrogen-bond acceptors (Lipinski definition) is 4. The van der Waals surface area contributed by atoms with E-state index in [4.69, 9.17) is 12.2 Å². The second-order valence-electron chi connectivity index (χ2n) is 7.13. The van der Waals surface area contributed by atoms with Crippen molar-refractivity contribution in [3.8, 4) is 0 Å². The molecule has 3 aromatic rings. The molecule has 1 unspecified atom stereocenters. The molecule has 0 aliphatic carbocycles. The summed E-state index contributed by atoms with van der Waals surface area (Å²) in [4.78, 5) is 40.2. The minimum Gasteiger partial charge on any atom is -0.343 e. The van der Waals surface area contributed by atoms with Crippen LogP contribution in [0.2, 0.25) is 0 Å². The van der Waals surface area contributed by atoms with Crippen LogP contribution in [0, 0.1) is 0 Å². The number of anilines is 2. The van der Waals surface area contributed by atoms with E-state index in [1.165, 1.54) is 4.90 Å². The Kier molecular flexibility index (Phi) is 6.23. The predicted molar refractivity (Wildman–Crippen MR) is 125 cm³/mol. The van der Waals surface area contributed by atoms with E-state index in [2.05, 4.69) is 16.2 Å². The fourth-order valence-corrected chi connectivity index (χ4v) is 3.65. The van der Waals surface area contributed by atoms with E-state index in [0.29, 0.717) is 16.9 Å². The molecule has 1 aliphatic heterocycles. The van der Waals surface area contributed by atoms with Gasteiger partial charge < -0.3 is 5.32 Å². The van der Waals surface area contributed by atoms with Gasteiger partial charge in [0.05, 0.1) is 5.69 Å². The topological polar surface area (TPSA) is 90.5 Å². The highest BCUT2D eigenvalue weighted by atomic mass is 32.1. The van der Waals surface area contributed by atoms with Crippen molar-refractivity contribution < 1.29 is 14.4 Å². The molecule has 7 nitrogen and oxygen atoms in total. The Labute approximate surface area is 190 Å². The van der Waals surface area contributed by atoms with Gasteiger partial charge in [0.2, 0.25) is 0 Å². The summed E-state index contributed by atoms with van der Waals surface area (Å²) in [7, 11) is 0. The van der Waals surface area contributed by atoms with Crippen LogP contribution >= 0.6 is 12.2 Å². The van der Waals surface area contributed by atoms with Crippen molar-refractivity contribution in [3.63, 3.8) is 0 Å². The average Bonchev–Trinajstić information content (AvgIpc) is 2.92. The maximum atomic E-state index is 13.5. The Balaban J connectivity index is 1.53. The third-order valence-corrected chi connectivity index (χ3v) is 5.22. The van der Waals surface area contributed by atoms with Crippen LogP contribution in [-0.4, -0.2) is 28.8 Å². The monoisotopic (exact) mass is 444 g/mol. The minimum atomic E-state index is -1.21. The molecule has 3 N–H and O–H groups in total. The average molecular weight is 445 g/mol. The smallest absolute Gasteiger partial charge is 0.269 e. The summed E-state index contributed by atoms with van der Waals surface area (Å²) in [5.41, 5.74) is 7.51. The van der Waals surface area contributed by atoms with Gasteiger partial charge in [-0.2, -0.15) is 0 Å². The highest BCUT2D eigenvalue weighted by Gasteiger charge is 2.37. The summed E-state index contributed by atoms with van der Waals surface area (Å²) in [6.07, 6.45) is 0.0713. The van der Waals surface area contributed by atoms with E-state index < -0.39 is 17.9 Å². The quantitative estimate of drug-likeness (QED) is 0.327. The van der Waals surface area contributed by atoms with Gasteiger partial charge in [0.25, 0.3) is 11.8 Å². The number of nitrogens with one attached hydrogen (secondary N) is 3. The van der Waals surface area contributed by atoms with Crippen molar-refractivity contribution >= 4 is 46.3 Å². The zero-order chi connectivity index (χ0) is 22.5. The SMILES string of the molecule is O=C(NNC(=S)NC1C(=O)Cc2ccccc2N(c2ccccc2)C1=O)c1ccccc1. The van der Waals surface area contributed by atoms with E-state index in [9.17, 15) is 14.4 Å². The fraction of sp³-hybridized carbons (Fsp3) is 0.0833.